The number of amides is 2. The monoisotopic (exact) mass is 530 g/mol. The van der Waals surface area contributed by atoms with Crippen LogP contribution in [-0.4, -0.2) is 24.1 Å². The lowest BCUT2D eigenvalue weighted by Gasteiger charge is -2.40. The van der Waals surface area contributed by atoms with E-state index in [1.54, 1.807) is 0 Å². The molecule has 1 fully saturated rings. The molecule has 3 aromatic rings. The van der Waals surface area contributed by atoms with Gasteiger partial charge in [0.05, 0.1) is 29.3 Å². The van der Waals surface area contributed by atoms with Crippen LogP contribution < -0.4 is 14.5 Å². The van der Waals surface area contributed by atoms with E-state index in [1.165, 1.54) is 54.6 Å². The summed E-state index contributed by atoms with van der Waals surface area (Å²) >= 11 is 0. The molecule has 0 aliphatic carbocycles. The van der Waals surface area contributed by atoms with Crippen molar-refractivity contribution in [3.05, 3.63) is 89.5 Å². The molecule has 2 atom stereocenters. The van der Waals surface area contributed by atoms with Gasteiger partial charge >= 0.3 is 18.6 Å². The van der Waals surface area contributed by atoms with Crippen molar-refractivity contribution in [1.82, 2.24) is 0 Å². The zero-order valence-electron chi connectivity index (χ0n) is 19.4. The third-order valence-electron chi connectivity index (χ3n) is 6.16. The summed E-state index contributed by atoms with van der Waals surface area (Å²) in [6.45, 7) is 0.773. The molecule has 3 aromatic carbocycles. The van der Waals surface area contributed by atoms with E-state index in [1.807, 2.05) is 12.1 Å². The van der Waals surface area contributed by atoms with Crippen LogP contribution in [0.1, 0.15) is 29.7 Å². The van der Waals surface area contributed by atoms with Gasteiger partial charge < -0.3 is 4.74 Å². The highest BCUT2D eigenvalue weighted by Crippen LogP contribution is 2.55. The molecule has 0 aromatic heterocycles. The van der Waals surface area contributed by atoms with Crippen LogP contribution in [0.15, 0.2) is 72.8 Å². The molecule has 38 heavy (non-hydrogen) atoms. The second-order valence-electron chi connectivity index (χ2n) is 8.47. The largest absolute Gasteiger partial charge is 0.573 e. The Morgan fingerprint density at radius 2 is 1.37 bits per heavy atom. The molecule has 12 heteroatoms. The summed E-state index contributed by atoms with van der Waals surface area (Å²) in [6, 6.07) is 14.7. The molecule has 1 aliphatic heterocycles. The van der Waals surface area contributed by atoms with Gasteiger partial charge in [-0.1, -0.05) is 12.1 Å². The maximum atomic E-state index is 15.0. The Bertz CT molecular complexity index is 1440. The van der Waals surface area contributed by atoms with Crippen molar-refractivity contribution >= 4 is 17.4 Å². The number of anilines is 2. The summed E-state index contributed by atoms with van der Waals surface area (Å²) in [4.78, 5) is 15.1. The second-order valence-corrected chi connectivity index (χ2v) is 8.47. The van der Waals surface area contributed by atoms with Crippen LogP contribution >= 0.6 is 0 Å². The fraction of sp³-hybridized carbons (Fsp3) is 0.192. The first kappa shape index (κ1) is 26.4. The Balaban J connectivity index is 1.98. The Kier molecular flexibility index (Phi) is 6.45. The highest BCUT2D eigenvalue weighted by atomic mass is 19.4. The molecule has 2 amide bonds. The van der Waals surface area contributed by atoms with Gasteiger partial charge in [0.15, 0.2) is 5.54 Å². The fourth-order valence-electron chi connectivity index (χ4n) is 4.45. The van der Waals surface area contributed by atoms with Crippen LogP contribution in [-0.2, 0) is 0 Å². The summed E-state index contributed by atoms with van der Waals surface area (Å²) in [5, 5.41) is 18.2. The van der Waals surface area contributed by atoms with E-state index in [9.17, 15) is 31.1 Å². The molecule has 0 unspecified atom stereocenters. The normalized spacial score (nSPS) is 19.7. The SMILES string of the molecule is C[C@@]1(C(F)(F)F)[C@H](c2cccc(OC(F)(F)F)c2)N(c2ccc(C#N)cc2)C(=O)N1c1ccc(C#N)cc1. The first-order chi connectivity index (χ1) is 17.8. The first-order valence-corrected chi connectivity index (χ1v) is 10.9. The van der Waals surface area contributed by atoms with Crippen LogP contribution in [0.2, 0.25) is 0 Å². The third-order valence-corrected chi connectivity index (χ3v) is 6.16. The van der Waals surface area contributed by atoms with Gasteiger partial charge in [-0.2, -0.15) is 23.7 Å². The van der Waals surface area contributed by atoms with E-state index in [0.717, 1.165) is 30.0 Å². The van der Waals surface area contributed by atoms with E-state index >= 15 is 0 Å². The molecule has 0 spiro atoms. The molecule has 6 nitrogen and oxygen atoms in total. The average molecular weight is 530 g/mol. The van der Waals surface area contributed by atoms with Crippen molar-refractivity contribution in [2.24, 2.45) is 0 Å². The Morgan fingerprint density at radius 1 is 0.842 bits per heavy atom. The second kappa shape index (κ2) is 9.30. The number of nitriles is 2. The number of nitrogens with zero attached hydrogens (tertiary/aromatic N) is 4. The zero-order chi connectivity index (χ0) is 27.9. The van der Waals surface area contributed by atoms with Gasteiger partial charge in [-0.25, -0.2) is 4.79 Å². The molecule has 0 bridgehead atoms. The number of urea groups is 1. The molecule has 0 saturated carbocycles. The zero-order valence-corrected chi connectivity index (χ0v) is 19.4. The number of benzene rings is 3. The molecular weight excluding hydrogens is 514 g/mol. The van der Waals surface area contributed by atoms with Gasteiger partial charge in [0.25, 0.3) is 0 Å². The van der Waals surface area contributed by atoms with Crippen LogP contribution in [0.25, 0.3) is 0 Å². The van der Waals surface area contributed by atoms with E-state index in [-0.39, 0.29) is 28.1 Å². The number of rotatable bonds is 4. The van der Waals surface area contributed by atoms with Gasteiger partial charge in [0.1, 0.15) is 5.75 Å². The molecule has 1 heterocycles. The fourth-order valence-corrected chi connectivity index (χ4v) is 4.45. The minimum Gasteiger partial charge on any atom is -0.406 e. The van der Waals surface area contributed by atoms with E-state index in [0.29, 0.717) is 4.90 Å². The number of alkyl halides is 6. The highest BCUT2D eigenvalue weighted by Gasteiger charge is 2.69. The lowest BCUT2D eigenvalue weighted by Crippen LogP contribution is -2.57. The van der Waals surface area contributed by atoms with Crippen molar-refractivity contribution in [3.63, 3.8) is 0 Å². The topological polar surface area (TPSA) is 80.4 Å². The number of ether oxygens (including phenoxy) is 1. The number of halogens is 6. The summed E-state index contributed by atoms with van der Waals surface area (Å²) in [5.41, 5.74) is -3.15. The quantitative estimate of drug-likeness (QED) is 0.346. The van der Waals surface area contributed by atoms with Gasteiger partial charge in [-0.05, 0) is 73.2 Å². The molecular formula is C26H16F6N4O2. The lowest BCUT2D eigenvalue weighted by atomic mass is 9.85. The smallest absolute Gasteiger partial charge is 0.406 e. The number of hydrogen-bond donors (Lipinski definition) is 0. The van der Waals surface area contributed by atoms with Crippen LogP contribution in [0.3, 0.4) is 0 Å². The summed E-state index contributed by atoms with van der Waals surface area (Å²) in [7, 11) is 0. The van der Waals surface area contributed by atoms with Crippen LogP contribution in [0.5, 0.6) is 5.75 Å². The summed E-state index contributed by atoms with van der Waals surface area (Å²) < 4.78 is 87.6. The maximum absolute atomic E-state index is 15.0. The predicted molar refractivity (Wildman–Crippen MR) is 123 cm³/mol. The third kappa shape index (κ3) is 4.57. The number of carbonyl (C=O) groups is 1. The standard InChI is InChI=1S/C26H16F6N4O2/c1-24(25(27,28)29)22(18-3-2-4-21(13-18)38-26(30,31)32)35(19-9-5-16(14-33)6-10-19)23(37)36(24)20-11-7-17(15-34)8-12-20/h2-13,22H,1H3/t22-,24-/m0/s1. The molecule has 1 saturated heterocycles. The van der Waals surface area contributed by atoms with Crippen molar-refractivity contribution in [3.8, 4) is 17.9 Å². The summed E-state index contributed by atoms with van der Waals surface area (Å²) in [6.07, 6.45) is -10.2. The molecule has 4 rings (SSSR count). The van der Waals surface area contributed by atoms with Gasteiger partial charge in [-0.3, -0.25) is 9.80 Å². The van der Waals surface area contributed by atoms with E-state index in [2.05, 4.69) is 4.74 Å². The maximum Gasteiger partial charge on any atom is 0.573 e. The molecule has 0 N–H and O–H groups in total. The first-order valence-electron chi connectivity index (χ1n) is 10.9. The van der Waals surface area contributed by atoms with Crippen molar-refractivity contribution in [1.29, 1.82) is 10.5 Å². The number of hydrogen-bond acceptors (Lipinski definition) is 4. The van der Waals surface area contributed by atoms with E-state index in [4.69, 9.17) is 10.5 Å². The Labute approximate surface area is 212 Å². The number of carbonyl (C=O) groups excluding carboxylic acids is 1. The van der Waals surface area contributed by atoms with Crippen molar-refractivity contribution in [2.75, 3.05) is 9.80 Å². The summed E-state index contributed by atoms with van der Waals surface area (Å²) in [5.74, 6) is -0.761. The van der Waals surface area contributed by atoms with Crippen molar-refractivity contribution < 1.29 is 35.9 Å². The minimum absolute atomic E-state index is 0.0206. The molecule has 1 aliphatic rings. The Morgan fingerprint density at radius 3 is 1.84 bits per heavy atom. The van der Waals surface area contributed by atoms with Gasteiger partial charge in [0, 0.05) is 11.4 Å². The van der Waals surface area contributed by atoms with Gasteiger partial charge in [0.2, 0.25) is 0 Å². The van der Waals surface area contributed by atoms with E-state index < -0.39 is 35.9 Å². The van der Waals surface area contributed by atoms with Crippen LogP contribution in [0.4, 0.5) is 42.5 Å². The average Bonchev–Trinajstić information content (AvgIpc) is 3.11. The lowest BCUT2D eigenvalue weighted by molar-refractivity contribution is -0.274. The predicted octanol–water partition coefficient (Wildman–Crippen LogP) is 6.84. The Hall–Kier alpha value is -4.71. The molecule has 0 radical (unpaired) electrons. The van der Waals surface area contributed by atoms with Crippen LogP contribution in [0, 0.1) is 22.7 Å². The van der Waals surface area contributed by atoms with Crippen molar-refractivity contribution in [2.45, 2.75) is 31.0 Å². The minimum atomic E-state index is -5.10. The highest BCUT2D eigenvalue weighted by molar-refractivity contribution is 6.09. The molecule has 194 valence electrons. The van der Waals surface area contributed by atoms with Gasteiger partial charge in [-0.15, -0.1) is 13.2 Å².